The first-order valence-corrected chi connectivity index (χ1v) is 6.68. The number of anilines is 1. The molecule has 1 fully saturated rings. The molecule has 114 valence electrons. The lowest BCUT2D eigenvalue weighted by atomic mass is 10.1. The fourth-order valence-corrected chi connectivity index (χ4v) is 2.20. The van der Waals surface area contributed by atoms with Gasteiger partial charge in [0, 0.05) is 20.2 Å². The molecular formula is C14H18N2O5. The maximum atomic E-state index is 12.0. The number of rotatable bonds is 4. The van der Waals surface area contributed by atoms with Crippen LogP contribution in [0.2, 0.25) is 0 Å². The van der Waals surface area contributed by atoms with Gasteiger partial charge in [0.25, 0.3) is 0 Å². The van der Waals surface area contributed by atoms with Crippen molar-refractivity contribution in [2.45, 2.75) is 18.9 Å². The number of carbonyl (C=O) groups is 2. The van der Waals surface area contributed by atoms with Crippen LogP contribution in [-0.2, 0) is 4.74 Å². The Morgan fingerprint density at radius 2 is 2.24 bits per heavy atom. The molecule has 7 nitrogen and oxygen atoms in total. The zero-order valence-corrected chi connectivity index (χ0v) is 11.7. The lowest BCUT2D eigenvalue weighted by molar-refractivity contribution is 0.0693. The molecule has 1 aromatic rings. The van der Waals surface area contributed by atoms with Crippen molar-refractivity contribution in [1.82, 2.24) is 4.90 Å². The minimum atomic E-state index is -1.25. The molecule has 0 aliphatic carbocycles. The van der Waals surface area contributed by atoms with Crippen molar-refractivity contribution in [2.24, 2.45) is 0 Å². The molecule has 1 unspecified atom stereocenters. The Labute approximate surface area is 122 Å². The molecule has 1 heterocycles. The normalized spacial score (nSPS) is 17.5. The number of phenols is 1. The van der Waals surface area contributed by atoms with Gasteiger partial charge >= 0.3 is 12.0 Å². The molecule has 1 aromatic carbocycles. The third-order valence-electron chi connectivity index (χ3n) is 3.36. The first-order valence-electron chi connectivity index (χ1n) is 6.68. The summed E-state index contributed by atoms with van der Waals surface area (Å²) >= 11 is 0. The van der Waals surface area contributed by atoms with Crippen LogP contribution in [0, 0.1) is 0 Å². The van der Waals surface area contributed by atoms with Crippen LogP contribution in [0.5, 0.6) is 5.75 Å². The first kappa shape index (κ1) is 15.1. The third kappa shape index (κ3) is 3.63. The summed E-state index contributed by atoms with van der Waals surface area (Å²) < 4.78 is 5.45. The van der Waals surface area contributed by atoms with E-state index < -0.39 is 17.7 Å². The van der Waals surface area contributed by atoms with Gasteiger partial charge in [-0.1, -0.05) is 6.07 Å². The molecule has 1 aliphatic heterocycles. The van der Waals surface area contributed by atoms with Crippen molar-refractivity contribution in [1.29, 1.82) is 0 Å². The van der Waals surface area contributed by atoms with Crippen molar-refractivity contribution >= 4 is 17.7 Å². The van der Waals surface area contributed by atoms with Crippen LogP contribution < -0.4 is 5.32 Å². The van der Waals surface area contributed by atoms with E-state index in [1.807, 2.05) is 0 Å². The van der Waals surface area contributed by atoms with Gasteiger partial charge in [-0.15, -0.1) is 0 Å². The van der Waals surface area contributed by atoms with Gasteiger partial charge < -0.3 is 25.2 Å². The molecular weight excluding hydrogens is 276 g/mol. The van der Waals surface area contributed by atoms with Crippen molar-refractivity contribution in [2.75, 3.05) is 25.5 Å². The van der Waals surface area contributed by atoms with Crippen LogP contribution in [0.25, 0.3) is 0 Å². The van der Waals surface area contributed by atoms with E-state index in [2.05, 4.69) is 5.32 Å². The van der Waals surface area contributed by atoms with Crippen molar-refractivity contribution in [3.63, 3.8) is 0 Å². The van der Waals surface area contributed by atoms with E-state index >= 15 is 0 Å². The van der Waals surface area contributed by atoms with Crippen molar-refractivity contribution in [3.8, 4) is 5.75 Å². The lowest BCUT2D eigenvalue weighted by Crippen LogP contribution is -2.37. The minimum Gasteiger partial charge on any atom is -0.505 e. The number of hydrogen-bond donors (Lipinski definition) is 3. The Bertz CT molecular complexity index is 540. The van der Waals surface area contributed by atoms with E-state index in [4.69, 9.17) is 9.84 Å². The molecule has 1 aliphatic rings. The molecule has 2 rings (SSSR count). The molecule has 0 saturated carbocycles. The number of carbonyl (C=O) groups excluding carboxylic acids is 1. The summed E-state index contributed by atoms with van der Waals surface area (Å²) in [5, 5.41) is 21.3. The Balaban J connectivity index is 2.01. The number of nitrogens with zero attached hydrogens (tertiary/aromatic N) is 1. The highest BCUT2D eigenvalue weighted by Crippen LogP contribution is 2.27. The Morgan fingerprint density at radius 1 is 1.48 bits per heavy atom. The van der Waals surface area contributed by atoms with E-state index in [-0.39, 0.29) is 17.4 Å². The molecule has 2 amide bonds. The van der Waals surface area contributed by atoms with Gasteiger partial charge in [-0.25, -0.2) is 9.59 Å². The maximum Gasteiger partial charge on any atom is 0.339 e. The number of carboxylic acids is 1. The summed E-state index contributed by atoms with van der Waals surface area (Å²) in [5.41, 5.74) is -0.186. The van der Waals surface area contributed by atoms with E-state index in [0.29, 0.717) is 13.2 Å². The monoisotopic (exact) mass is 294 g/mol. The van der Waals surface area contributed by atoms with Gasteiger partial charge in [0.05, 0.1) is 11.8 Å². The van der Waals surface area contributed by atoms with Gasteiger partial charge in [0.15, 0.2) is 5.75 Å². The van der Waals surface area contributed by atoms with Crippen LogP contribution in [0.15, 0.2) is 18.2 Å². The number of nitrogens with one attached hydrogen (secondary N) is 1. The number of ether oxygens (including phenoxy) is 1. The van der Waals surface area contributed by atoms with Crippen LogP contribution in [0.4, 0.5) is 10.5 Å². The SMILES string of the molecule is CN(CC1CCCO1)C(=O)Nc1cccc(C(=O)O)c1O. The first-order chi connectivity index (χ1) is 9.99. The highest BCUT2D eigenvalue weighted by Gasteiger charge is 2.21. The van der Waals surface area contributed by atoms with E-state index in [1.54, 1.807) is 7.05 Å². The minimum absolute atomic E-state index is 0.0275. The second-order valence-corrected chi connectivity index (χ2v) is 4.95. The number of carboxylic acid groups (broad SMARTS) is 1. The van der Waals surface area contributed by atoms with Gasteiger partial charge in [0.1, 0.15) is 5.56 Å². The number of para-hydroxylation sites is 1. The number of urea groups is 1. The number of benzene rings is 1. The van der Waals surface area contributed by atoms with Crippen LogP contribution in [0.1, 0.15) is 23.2 Å². The van der Waals surface area contributed by atoms with Crippen LogP contribution >= 0.6 is 0 Å². The highest BCUT2D eigenvalue weighted by molar-refractivity contribution is 5.97. The number of likely N-dealkylation sites (N-methyl/N-ethyl adjacent to an activating group) is 1. The molecule has 0 radical (unpaired) electrons. The average molecular weight is 294 g/mol. The second-order valence-electron chi connectivity index (χ2n) is 4.95. The molecule has 1 atom stereocenters. The summed E-state index contributed by atoms with van der Waals surface area (Å²) in [6.07, 6.45) is 1.93. The summed E-state index contributed by atoms with van der Waals surface area (Å²) in [6, 6.07) is 3.74. The number of hydrogen-bond acceptors (Lipinski definition) is 4. The van der Waals surface area contributed by atoms with Crippen molar-refractivity contribution in [3.05, 3.63) is 23.8 Å². The van der Waals surface area contributed by atoms with Gasteiger partial charge in [-0.3, -0.25) is 0 Å². The Kier molecular flexibility index (Phi) is 4.64. The fraction of sp³-hybridized carbons (Fsp3) is 0.429. The average Bonchev–Trinajstić information content (AvgIpc) is 2.93. The van der Waals surface area contributed by atoms with E-state index in [1.165, 1.54) is 23.1 Å². The van der Waals surface area contributed by atoms with E-state index in [0.717, 1.165) is 12.8 Å². The predicted octanol–water partition coefficient (Wildman–Crippen LogP) is 1.73. The topological polar surface area (TPSA) is 99.1 Å². The standard InChI is InChI=1S/C14H18N2O5/c1-16(8-9-4-3-7-21-9)14(20)15-11-6-2-5-10(12(11)17)13(18)19/h2,5-6,9,17H,3-4,7-8H2,1H3,(H,15,20)(H,18,19). The number of amides is 2. The molecule has 1 saturated heterocycles. The zero-order chi connectivity index (χ0) is 15.4. The molecule has 3 N–H and O–H groups in total. The Hall–Kier alpha value is -2.28. The Morgan fingerprint density at radius 3 is 2.86 bits per heavy atom. The van der Waals surface area contributed by atoms with Gasteiger partial charge in [-0.2, -0.15) is 0 Å². The smallest absolute Gasteiger partial charge is 0.339 e. The molecule has 0 bridgehead atoms. The number of aromatic carboxylic acids is 1. The van der Waals surface area contributed by atoms with Crippen molar-refractivity contribution < 1.29 is 24.5 Å². The summed E-state index contributed by atoms with van der Waals surface area (Å²) in [5.74, 6) is -1.71. The molecule has 21 heavy (non-hydrogen) atoms. The molecule has 0 spiro atoms. The van der Waals surface area contributed by atoms with Crippen LogP contribution in [-0.4, -0.2) is 53.4 Å². The predicted molar refractivity (Wildman–Crippen MR) is 75.7 cm³/mol. The number of aromatic hydroxyl groups is 1. The van der Waals surface area contributed by atoms with Crippen LogP contribution in [0.3, 0.4) is 0 Å². The highest BCUT2D eigenvalue weighted by atomic mass is 16.5. The maximum absolute atomic E-state index is 12.0. The third-order valence-corrected chi connectivity index (χ3v) is 3.36. The van der Waals surface area contributed by atoms with Gasteiger partial charge in [-0.05, 0) is 25.0 Å². The van der Waals surface area contributed by atoms with E-state index in [9.17, 15) is 14.7 Å². The molecule has 7 heteroatoms. The summed E-state index contributed by atoms with van der Waals surface area (Å²) in [4.78, 5) is 24.4. The quantitative estimate of drug-likeness (QED) is 0.734. The van der Waals surface area contributed by atoms with Gasteiger partial charge in [0.2, 0.25) is 0 Å². The largest absolute Gasteiger partial charge is 0.505 e. The summed E-state index contributed by atoms with van der Waals surface area (Å²) in [6.45, 7) is 1.16. The lowest BCUT2D eigenvalue weighted by Gasteiger charge is -2.21. The zero-order valence-electron chi connectivity index (χ0n) is 11.7. The molecule has 0 aromatic heterocycles. The second kappa shape index (κ2) is 6.45. The summed E-state index contributed by atoms with van der Waals surface area (Å²) in [7, 11) is 1.62. The fourth-order valence-electron chi connectivity index (χ4n) is 2.20.